The van der Waals surface area contributed by atoms with Gasteiger partial charge in [0.05, 0.1) is 37.9 Å². The highest BCUT2D eigenvalue weighted by atomic mass is 35.5. The second-order valence-corrected chi connectivity index (χ2v) is 10.2. The van der Waals surface area contributed by atoms with Crippen molar-refractivity contribution in [2.75, 3.05) is 19.1 Å². The number of methoxy groups -OCH3 is 2. The molecule has 0 spiro atoms. The zero-order valence-electron chi connectivity index (χ0n) is 23.4. The van der Waals surface area contributed by atoms with E-state index in [2.05, 4.69) is 9.97 Å². The van der Waals surface area contributed by atoms with Crippen LogP contribution in [0.25, 0.3) is 0 Å². The summed E-state index contributed by atoms with van der Waals surface area (Å²) in [4.78, 5) is 39.5. The summed E-state index contributed by atoms with van der Waals surface area (Å²) >= 11 is 11.7. The fraction of sp³-hybridized carbons (Fsp3) is 0.321. The molecule has 10 nitrogen and oxygen atoms in total. The van der Waals surface area contributed by atoms with Crippen molar-refractivity contribution in [2.45, 2.75) is 33.7 Å². The van der Waals surface area contributed by atoms with Crippen molar-refractivity contribution in [2.24, 2.45) is 23.7 Å². The molecule has 12 heteroatoms. The number of pyridine rings is 1. The molecule has 0 aliphatic carbocycles. The van der Waals surface area contributed by atoms with Crippen molar-refractivity contribution in [3.63, 3.8) is 0 Å². The molecule has 1 aliphatic rings. The summed E-state index contributed by atoms with van der Waals surface area (Å²) in [5.41, 5.74) is 9.21. The Balaban J connectivity index is 0.000000472. The molecule has 212 valence electrons. The first-order chi connectivity index (χ1) is 18.9. The smallest absolute Gasteiger partial charge is 0.319 e. The van der Waals surface area contributed by atoms with Crippen LogP contribution < -0.4 is 25.7 Å². The molecule has 0 saturated heterocycles. The maximum atomic E-state index is 13.1. The summed E-state index contributed by atoms with van der Waals surface area (Å²) in [5, 5.41) is 0.819. The van der Waals surface area contributed by atoms with E-state index in [0.717, 1.165) is 5.02 Å². The molecule has 40 heavy (non-hydrogen) atoms. The highest BCUT2D eigenvalue weighted by Gasteiger charge is 2.39. The molecule has 2 aromatic heterocycles. The predicted octanol–water partition coefficient (Wildman–Crippen LogP) is 4.87. The van der Waals surface area contributed by atoms with Gasteiger partial charge in [0.2, 0.25) is 5.88 Å². The molecule has 0 radical (unpaired) electrons. The Labute approximate surface area is 243 Å². The number of hydrogen-bond acceptors (Lipinski definition) is 8. The number of hydrogen-bond donors (Lipinski definition) is 1. The minimum atomic E-state index is -0.456. The van der Waals surface area contributed by atoms with Gasteiger partial charge < -0.3 is 19.8 Å². The number of anilines is 1. The van der Waals surface area contributed by atoms with Gasteiger partial charge in [-0.1, -0.05) is 49.2 Å². The van der Waals surface area contributed by atoms with Crippen LogP contribution in [0, 0.1) is 12.8 Å². The third-order valence-corrected chi connectivity index (χ3v) is 6.59. The first-order valence-electron chi connectivity index (χ1n) is 12.3. The molecule has 0 bridgehead atoms. The first-order valence-corrected chi connectivity index (χ1v) is 13.1. The topological polar surface area (TPSA) is 125 Å². The summed E-state index contributed by atoms with van der Waals surface area (Å²) in [6.07, 6.45) is 3.03. The van der Waals surface area contributed by atoms with Crippen molar-refractivity contribution in [3.8, 4) is 11.9 Å². The third-order valence-electron chi connectivity index (χ3n) is 6.08. The van der Waals surface area contributed by atoms with E-state index in [1.54, 1.807) is 13.2 Å². The number of aromatic nitrogens is 3. The summed E-state index contributed by atoms with van der Waals surface area (Å²) in [6.45, 7) is 7.75. The van der Waals surface area contributed by atoms with E-state index >= 15 is 0 Å². The fourth-order valence-corrected chi connectivity index (χ4v) is 4.65. The third kappa shape index (κ3) is 6.63. The standard InChI is InChI=1S/C21H25ClN6O4.C7H7Cl/c1-10(2)17(25-14-8-24-21(32-6)26-18(14)31-5)15-11(3)28(20(30)16(15)23)12-7-13(22)19(29)27(4)9-12;1-6-3-2-4-7(8)5-6/h7-11H,23H2,1-6H3;2-5H,1H3. The molecule has 4 rings (SSSR count). The minimum absolute atomic E-state index is 0.00916. The van der Waals surface area contributed by atoms with Crippen LogP contribution in [0.15, 0.2) is 63.8 Å². The number of nitrogens with zero attached hydrogens (tertiary/aromatic N) is 5. The Kier molecular flexibility index (Phi) is 9.94. The van der Waals surface area contributed by atoms with Crippen molar-refractivity contribution in [1.82, 2.24) is 14.5 Å². The first kappa shape index (κ1) is 30.6. The summed E-state index contributed by atoms with van der Waals surface area (Å²) in [7, 11) is 4.49. The molecule has 3 aromatic rings. The van der Waals surface area contributed by atoms with E-state index in [1.807, 2.05) is 52.0 Å². The number of ether oxygens (including phenoxy) is 2. The van der Waals surface area contributed by atoms with Crippen LogP contribution in [-0.2, 0) is 11.8 Å². The maximum Gasteiger partial charge on any atom is 0.319 e. The zero-order valence-corrected chi connectivity index (χ0v) is 24.9. The fourth-order valence-electron chi connectivity index (χ4n) is 4.16. The zero-order chi connectivity index (χ0) is 29.7. The van der Waals surface area contributed by atoms with E-state index in [-0.39, 0.29) is 34.1 Å². The second-order valence-electron chi connectivity index (χ2n) is 9.34. The lowest BCUT2D eigenvalue weighted by Crippen LogP contribution is -2.36. The Morgan fingerprint density at radius 1 is 1.15 bits per heavy atom. The van der Waals surface area contributed by atoms with Gasteiger partial charge in [0.15, 0.2) is 0 Å². The molecule has 1 unspecified atom stereocenters. The molecule has 1 aliphatic heterocycles. The number of carbonyl (C=O) groups is 1. The number of aryl methyl sites for hydroxylation is 2. The van der Waals surface area contributed by atoms with Gasteiger partial charge in [-0.25, -0.2) is 9.98 Å². The average Bonchev–Trinajstić information content (AvgIpc) is 3.13. The van der Waals surface area contributed by atoms with Crippen LogP contribution in [0.5, 0.6) is 11.9 Å². The van der Waals surface area contributed by atoms with Crippen LogP contribution in [0.3, 0.4) is 0 Å². The van der Waals surface area contributed by atoms with Gasteiger partial charge in [-0.2, -0.15) is 4.98 Å². The van der Waals surface area contributed by atoms with Gasteiger partial charge in [-0.15, -0.1) is 0 Å². The summed E-state index contributed by atoms with van der Waals surface area (Å²) in [5.74, 6) is -0.254. The molecule has 0 fully saturated rings. The lowest BCUT2D eigenvalue weighted by molar-refractivity contribution is -0.114. The van der Waals surface area contributed by atoms with Gasteiger partial charge in [-0.05, 0) is 43.5 Å². The molecule has 2 N–H and O–H groups in total. The van der Waals surface area contributed by atoms with Crippen molar-refractivity contribution in [1.29, 1.82) is 0 Å². The molecule has 0 saturated carbocycles. The van der Waals surface area contributed by atoms with Gasteiger partial charge in [0.1, 0.15) is 16.4 Å². The highest BCUT2D eigenvalue weighted by Crippen LogP contribution is 2.34. The van der Waals surface area contributed by atoms with Crippen LogP contribution in [0.4, 0.5) is 11.4 Å². The largest absolute Gasteiger partial charge is 0.479 e. The van der Waals surface area contributed by atoms with E-state index in [9.17, 15) is 9.59 Å². The van der Waals surface area contributed by atoms with Crippen LogP contribution in [-0.4, -0.2) is 46.4 Å². The average molecular weight is 588 g/mol. The van der Waals surface area contributed by atoms with Gasteiger partial charge >= 0.3 is 6.01 Å². The number of rotatable bonds is 6. The quantitative estimate of drug-likeness (QED) is 0.408. The SMILES string of the molecule is COc1ncc(N=C(C2=C(N)C(=O)N(c3cc(Cl)c(=O)n(C)c3)C2C)C(C)C)c(OC)n1.Cc1cccc(Cl)c1. The van der Waals surface area contributed by atoms with Crippen molar-refractivity contribution in [3.05, 3.63) is 80.0 Å². The number of carbonyl (C=O) groups excluding carboxylic acids is 1. The molecule has 1 amide bonds. The Bertz CT molecular complexity index is 1490. The predicted molar refractivity (Wildman–Crippen MR) is 158 cm³/mol. The number of nitrogens with two attached hydrogens (primary N) is 1. The number of amides is 1. The lowest BCUT2D eigenvalue weighted by atomic mass is 9.94. The van der Waals surface area contributed by atoms with E-state index in [0.29, 0.717) is 22.7 Å². The maximum absolute atomic E-state index is 13.1. The Morgan fingerprint density at radius 3 is 2.38 bits per heavy atom. The number of halogens is 2. The highest BCUT2D eigenvalue weighted by molar-refractivity contribution is 6.31. The lowest BCUT2D eigenvalue weighted by Gasteiger charge is -2.25. The van der Waals surface area contributed by atoms with Crippen LogP contribution in [0.2, 0.25) is 10.0 Å². The Hall–Kier alpha value is -3.89. The molecular formula is C28H32Cl2N6O4. The molecule has 3 heterocycles. The van der Waals surface area contributed by atoms with Gasteiger partial charge in [0, 0.05) is 23.8 Å². The minimum Gasteiger partial charge on any atom is -0.479 e. The van der Waals surface area contributed by atoms with E-state index in [1.165, 1.54) is 41.5 Å². The monoisotopic (exact) mass is 586 g/mol. The van der Waals surface area contributed by atoms with Crippen molar-refractivity contribution >= 4 is 46.2 Å². The second kappa shape index (κ2) is 13.0. The molecule has 1 aromatic carbocycles. The van der Waals surface area contributed by atoms with E-state index in [4.69, 9.17) is 43.4 Å². The number of benzene rings is 1. The summed E-state index contributed by atoms with van der Waals surface area (Å²) < 4.78 is 11.7. The van der Waals surface area contributed by atoms with E-state index < -0.39 is 11.9 Å². The Morgan fingerprint density at radius 2 is 1.85 bits per heavy atom. The van der Waals surface area contributed by atoms with Gasteiger partial charge in [-0.3, -0.25) is 14.5 Å². The summed E-state index contributed by atoms with van der Waals surface area (Å²) in [6, 6.07) is 8.91. The van der Waals surface area contributed by atoms with Crippen LogP contribution >= 0.6 is 23.2 Å². The number of aliphatic imine (C=N–C) groups is 1. The van der Waals surface area contributed by atoms with Crippen LogP contribution in [0.1, 0.15) is 26.3 Å². The normalized spacial score (nSPS) is 15.3. The molecular weight excluding hydrogens is 555 g/mol. The van der Waals surface area contributed by atoms with Crippen molar-refractivity contribution < 1.29 is 14.3 Å². The molecule has 1 atom stereocenters. The van der Waals surface area contributed by atoms with Gasteiger partial charge in [0.25, 0.3) is 11.5 Å².